The summed E-state index contributed by atoms with van der Waals surface area (Å²) in [5.41, 5.74) is 3.37. The van der Waals surface area contributed by atoms with Crippen LogP contribution in [-0.2, 0) is 13.0 Å². The van der Waals surface area contributed by atoms with Gasteiger partial charge in [-0.25, -0.2) is 0 Å². The minimum absolute atomic E-state index is 0.0122. The number of rotatable bonds is 10. The first kappa shape index (κ1) is 23.0. The molecule has 0 radical (unpaired) electrons. The predicted octanol–water partition coefficient (Wildman–Crippen LogP) is 4.51. The fraction of sp³-hybridized carbons (Fsp3) is 0.269. The fourth-order valence-electron chi connectivity index (χ4n) is 3.81. The number of aromatic nitrogens is 1. The number of aliphatic hydroxyl groups excluding tert-OH is 2. The lowest BCUT2D eigenvalue weighted by molar-refractivity contribution is 0.0912. The van der Waals surface area contributed by atoms with Crippen molar-refractivity contribution in [1.29, 1.82) is 0 Å². The first-order valence-electron chi connectivity index (χ1n) is 11.1. The summed E-state index contributed by atoms with van der Waals surface area (Å²) in [6, 6.07) is 16.9. The van der Waals surface area contributed by atoms with Crippen LogP contribution in [0.2, 0.25) is 0 Å². The average molecular weight is 465 g/mol. The third-order valence-corrected chi connectivity index (χ3v) is 6.60. The molecule has 7 heteroatoms. The maximum absolute atomic E-state index is 13.3. The van der Waals surface area contributed by atoms with Crippen molar-refractivity contribution >= 4 is 28.1 Å². The van der Waals surface area contributed by atoms with Crippen molar-refractivity contribution in [2.75, 3.05) is 13.2 Å². The van der Waals surface area contributed by atoms with Gasteiger partial charge in [0.05, 0.1) is 31.4 Å². The van der Waals surface area contributed by atoms with E-state index in [1.807, 2.05) is 67.7 Å². The Morgan fingerprint density at radius 1 is 1.15 bits per heavy atom. The van der Waals surface area contributed by atoms with Gasteiger partial charge in [-0.15, -0.1) is 11.3 Å². The van der Waals surface area contributed by atoms with E-state index in [0.29, 0.717) is 24.3 Å². The highest BCUT2D eigenvalue weighted by Gasteiger charge is 2.20. The normalized spacial score (nSPS) is 12.1. The summed E-state index contributed by atoms with van der Waals surface area (Å²) < 4.78 is 5.84. The lowest BCUT2D eigenvalue weighted by atomic mass is 10.0. The summed E-state index contributed by atoms with van der Waals surface area (Å²) in [6.07, 6.45) is 3.25. The molecule has 0 fully saturated rings. The van der Waals surface area contributed by atoms with Gasteiger partial charge in [0.2, 0.25) is 0 Å². The van der Waals surface area contributed by atoms with Crippen LogP contribution < -0.4 is 10.1 Å². The highest BCUT2D eigenvalue weighted by Crippen LogP contribution is 2.32. The Bertz CT molecular complexity index is 1230. The highest BCUT2D eigenvalue weighted by atomic mass is 32.1. The monoisotopic (exact) mass is 464 g/mol. The number of aliphatic hydroxyl groups is 2. The van der Waals surface area contributed by atoms with Crippen LogP contribution >= 0.6 is 11.3 Å². The maximum atomic E-state index is 13.3. The number of aromatic amines is 1. The number of carbonyl (C=O) groups is 1. The molecule has 172 valence electrons. The molecule has 0 saturated heterocycles. The number of fused-ring (bicyclic) bond motifs is 1. The van der Waals surface area contributed by atoms with E-state index in [9.17, 15) is 15.0 Å². The molecule has 0 spiro atoms. The summed E-state index contributed by atoms with van der Waals surface area (Å²) >= 11 is 1.49. The van der Waals surface area contributed by atoms with Gasteiger partial charge < -0.3 is 25.3 Å². The van der Waals surface area contributed by atoms with Gasteiger partial charge in [0, 0.05) is 26.9 Å². The number of hydrogen-bond donors (Lipinski definition) is 4. The fourth-order valence-corrected chi connectivity index (χ4v) is 4.67. The Labute approximate surface area is 196 Å². The van der Waals surface area contributed by atoms with Gasteiger partial charge in [-0.2, -0.15) is 0 Å². The second-order valence-electron chi connectivity index (χ2n) is 7.90. The molecule has 0 aliphatic carbocycles. The van der Waals surface area contributed by atoms with E-state index < -0.39 is 6.04 Å². The van der Waals surface area contributed by atoms with Gasteiger partial charge in [0.15, 0.2) is 0 Å². The third-order valence-electron chi connectivity index (χ3n) is 5.48. The molecule has 4 N–H and O–H groups in total. The van der Waals surface area contributed by atoms with E-state index in [4.69, 9.17) is 4.74 Å². The van der Waals surface area contributed by atoms with Crippen LogP contribution in [0, 0.1) is 0 Å². The Balaban J connectivity index is 1.58. The summed E-state index contributed by atoms with van der Waals surface area (Å²) in [4.78, 5) is 18.4. The Kier molecular flexibility index (Phi) is 7.44. The van der Waals surface area contributed by atoms with Crippen LogP contribution in [-0.4, -0.2) is 40.4 Å². The molecule has 1 atom stereocenters. The van der Waals surface area contributed by atoms with Gasteiger partial charge in [-0.05, 0) is 60.4 Å². The molecule has 33 heavy (non-hydrogen) atoms. The summed E-state index contributed by atoms with van der Waals surface area (Å²) in [6.45, 7) is 2.33. The lowest BCUT2D eigenvalue weighted by Crippen LogP contribution is -2.39. The molecule has 6 nitrogen and oxygen atoms in total. The summed E-state index contributed by atoms with van der Waals surface area (Å²) in [5.74, 6) is 0.224. The van der Waals surface area contributed by atoms with E-state index in [-0.39, 0.29) is 19.1 Å². The van der Waals surface area contributed by atoms with Crippen molar-refractivity contribution in [1.82, 2.24) is 10.3 Å². The molecule has 2 aromatic heterocycles. The maximum Gasteiger partial charge on any atom is 0.255 e. The van der Waals surface area contributed by atoms with Crippen LogP contribution in [0.1, 0.15) is 34.1 Å². The zero-order valence-corrected chi connectivity index (χ0v) is 19.3. The van der Waals surface area contributed by atoms with Crippen molar-refractivity contribution in [3.63, 3.8) is 0 Å². The number of para-hydroxylation sites is 1. The second kappa shape index (κ2) is 10.7. The van der Waals surface area contributed by atoms with E-state index in [0.717, 1.165) is 38.2 Å². The quantitative estimate of drug-likeness (QED) is 0.278. The molecule has 1 amide bonds. The molecule has 0 bridgehead atoms. The minimum atomic E-state index is -0.442. The van der Waals surface area contributed by atoms with Crippen LogP contribution in [0.4, 0.5) is 0 Å². The molecule has 0 saturated carbocycles. The number of thiophene rings is 1. The molecule has 1 unspecified atom stereocenters. The van der Waals surface area contributed by atoms with Crippen molar-refractivity contribution in [2.24, 2.45) is 0 Å². The lowest BCUT2D eigenvalue weighted by Gasteiger charge is -2.18. The van der Waals surface area contributed by atoms with Gasteiger partial charge in [-0.3, -0.25) is 4.79 Å². The average Bonchev–Trinajstić information content (AvgIpc) is 3.49. The molecule has 0 aliphatic rings. The zero-order chi connectivity index (χ0) is 23.2. The standard InChI is InChI=1S/C26H28N2O4S/c1-2-11-32-24-9-7-17(25-10-8-20(16-30)33-25)13-22(24)26(31)28-19(15-29)12-18-14-27-23-6-4-3-5-21(18)23/h3-10,13-14,19,27,29-30H,2,11-12,15-16H2,1H3,(H,28,31). The topological polar surface area (TPSA) is 94.6 Å². The van der Waals surface area contributed by atoms with E-state index in [2.05, 4.69) is 10.3 Å². The first-order valence-corrected chi connectivity index (χ1v) is 11.9. The predicted molar refractivity (Wildman–Crippen MR) is 132 cm³/mol. The van der Waals surface area contributed by atoms with Crippen LogP contribution in [0.3, 0.4) is 0 Å². The number of carbonyl (C=O) groups excluding carboxylic acids is 1. The molecular weight excluding hydrogens is 436 g/mol. The van der Waals surface area contributed by atoms with E-state index in [1.54, 1.807) is 0 Å². The van der Waals surface area contributed by atoms with Crippen LogP contribution in [0.25, 0.3) is 21.3 Å². The number of H-pyrrole nitrogens is 1. The molecule has 0 aliphatic heterocycles. The number of amides is 1. The summed E-state index contributed by atoms with van der Waals surface area (Å²) in [7, 11) is 0. The Hall–Kier alpha value is -3.13. The van der Waals surface area contributed by atoms with Gasteiger partial charge >= 0.3 is 0 Å². The Morgan fingerprint density at radius 2 is 2.00 bits per heavy atom. The molecule has 2 aromatic carbocycles. The van der Waals surface area contributed by atoms with Crippen LogP contribution in [0.15, 0.2) is 60.8 Å². The third kappa shape index (κ3) is 5.27. The minimum Gasteiger partial charge on any atom is -0.493 e. The van der Waals surface area contributed by atoms with Gasteiger partial charge in [0.1, 0.15) is 5.75 Å². The molecule has 2 heterocycles. The largest absolute Gasteiger partial charge is 0.493 e. The van der Waals surface area contributed by atoms with E-state index >= 15 is 0 Å². The number of ether oxygens (including phenoxy) is 1. The zero-order valence-electron chi connectivity index (χ0n) is 18.5. The molecular formula is C26H28N2O4S. The second-order valence-corrected chi connectivity index (χ2v) is 9.07. The number of benzene rings is 2. The Morgan fingerprint density at radius 3 is 2.76 bits per heavy atom. The van der Waals surface area contributed by atoms with Gasteiger partial charge in [-0.1, -0.05) is 25.1 Å². The molecule has 4 aromatic rings. The van der Waals surface area contributed by atoms with Crippen LogP contribution in [0.5, 0.6) is 5.75 Å². The van der Waals surface area contributed by atoms with Gasteiger partial charge in [0.25, 0.3) is 5.91 Å². The highest BCUT2D eigenvalue weighted by molar-refractivity contribution is 7.15. The van der Waals surface area contributed by atoms with Crippen molar-refractivity contribution in [3.05, 3.63) is 76.8 Å². The number of hydrogen-bond acceptors (Lipinski definition) is 5. The van der Waals surface area contributed by atoms with E-state index in [1.165, 1.54) is 11.3 Å². The van der Waals surface area contributed by atoms with Crippen molar-refractivity contribution in [2.45, 2.75) is 32.4 Å². The van der Waals surface area contributed by atoms with Crippen molar-refractivity contribution < 1.29 is 19.7 Å². The molecule has 4 rings (SSSR count). The number of nitrogens with one attached hydrogen (secondary N) is 2. The SMILES string of the molecule is CCCOc1ccc(-c2ccc(CO)s2)cc1C(=O)NC(CO)Cc1c[nH]c2ccccc12. The summed E-state index contributed by atoms with van der Waals surface area (Å²) in [5, 5.41) is 23.4. The smallest absolute Gasteiger partial charge is 0.255 e. The first-order chi connectivity index (χ1) is 16.1. The van der Waals surface area contributed by atoms with Crippen molar-refractivity contribution in [3.8, 4) is 16.2 Å².